The Kier molecular flexibility index (Phi) is 7.65. The maximum atomic E-state index is 5.92. The average molecular weight is 224 g/mol. The Labute approximate surface area is 97.1 Å². The monoisotopic (exact) mass is 223 g/mol. The van der Waals surface area contributed by atoms with Gasteiger partial charge in [0, 0.05) is 22.8 Å². The number of aromatic nitrogens is 1. The van der Waals surface area contributed by atoms with Crippen molar-refractivity contribution in [2.45, 2.75) is 27.7 Å². The maximum Gasteiger partial charge on any atom is 0.0499 e. The topological polar surface area (TPSA) is 12.9 Å². The third kappa shape index (κ3) is 3.88. The Morgan fingerprint density at radius 1 is 1.00 bits per heavy atom. The molecule has 0 saturated carbocycles. The van der Waals surface area contributed by atoms with Gasteiger partial charge in [-0.15, -0.1) is 0 Å². The molecule has 0 aliphatic rings. The summed E-state index contributed by atoms with van der Waals surface area (Å²) >= 11 is 5.92. The van der Waals surface area contributed by atoms with Crippen LogP contribution in [0, 0.1) is 0 Å². The SMILES string of the molecule is CC.CC.Clc1cccc2ccncc12. The smallest absolute Gasteiger partial charge is 0.0499 e. The Morgan fingerprint density at radius 2 is 1.67 bits per heavy atom. The van der Waals surface area contributed by atoms with Crippen molar-refractivity contribution in [1.82, 2.24) is 4.98 Å². The maximum absolute atomic E-state index is 5.92. The largest absolute Gasteiger partial charge is 0.264 e. The molecule has 0 spiro atoms. The van der Waals surface area contributed by atoms with Crippen LogP contribution in [0.1, 0.15) is 27.7 Å². The van der Waals surface area contributed by atoms with Crippen LogP contribution in [0.5, 0.6) is 0 Å². The van der Waals surface area contributed by atoms with E-state index in [1.54, 1.807) is 12.4 Å². The predicted octanol–water partition coefficient (Wildman–Crippen LogP) is 4.94. The van der Waals surface area contributed by atoms with Crippen LogP contribution in [0.2, 0.25) is 5.02 Å². The van der Waals surface area contributed by atoms with E-state index in [1.807, 2.05) is 52.0 Å². The quantitative estimate of drug-likeness (QED) is 0.617. The third-order valence-corrected chi connectivity index (χ3v) is 1.96. The van der Waals surface area contributed by atoms with E-state index >= 15 is 0 Å². The van der Waals surface area contributed by atoms with Crippen LogP contribution >= 0.6 is 11.6 Å². The van der Waals surface area contributed by atoms with E-state index in [0.29, 0.717) is 0 Å². The van der Waals surface area contributed by atoms with Gasteiger partial charge in [0.2, 0.25) is 0 Å². The molecule has 0 radical (unpaired) electrons. The number of hydrogen-bond donors (Lipinski definition) is 0. The van der Waals surface area contributed by atoms with Crippen LogP contribution in [0.15, 0.2) is 36.7 Å². The van der Waals surface area contributed by atoms with E-state index in [-0.39, 0.29) is 0 Å². The van der Waals surface area contributed by atoms with Crippen molar-refractivity contribution in [2.24, 2.45) is 0 Å². The number of benzene rings is 1. The van der Waals surface area contributed by atoms with Gasteiger partial charge in [0.15, 0.2) is 0 Å². The molecule has 1 heterocycles. The number of fused-ring (bicyclic) bond motifs is 1. The highest BCUT2D eigenvalue weighted by molar-refractivity contribution is 6.35. The van der Waals surface area contributed by atoms with Gasteiger partial charge in [-0.25, -0.2) is 0 Å². The first kappa shape index (κ1) is 13.9. The lowest BCUT2D eigenvalue weighted by Gasteiger charge is -1.96. The zero-order valence-electron chi connectivity index (χ0n) is 9.79. The van der Waals surface area contributed by atoms with Crippen LogP contribution in [-0.4, -0.2) is 4.98 Å². The molecular weight excluding hydrogens is 206 g/mol. The molecule has 2 rings (SSSR count). The molecule has 0 unspecified atom stereocenters. The second-order valence-corrected chi connectivity index (χ2v) is 2.74. The van der Waals surface area contributed by atoms with Gasteiger partial charge in [0.1, 0.15) is 0 Å². The van der Waals surface area contributed by atoms with Gasteiger partial charge in [-0.05, 0) is 17.5 Å². The predicted molar refractivity (Wildman–Crippen MR) is 69.4 cm³/mol. The summed E-state index contributed by atoms with van der Waals surface area (Å²) in [5, 5.41) is 2.90. The van der Waals surface area contributed by atoms with Gasteiger partial charge in [0.25, 0.3) is 0 Å². The molecule has 0 amide bonds. The van der Waals surface area contributed by atoms with E-state index in [4.69, 9.17) is 11.6 Å². The molecule has 15 heavy (non-hydrogen) atoms. The molecule has 0 N–H and O–H groups in total. The molecule has 1 aromatic carbocycles. The lowest BCUT2D eigenvalue weighted by molar-refractivity contribution is 1.36. The summed E-state index contributed by atoms with van der Waals surface area (Å²) in [6.45, 7) is 8.00. The van der Waals surface area contributed by atoms with Gasteiger partial charge in [-0.3, -0.25) is 4.98 Å². The third-order valence-electron chi connectivity index (χ3n) is 1.63. The Hall–Kier alpha value is -1.08. The molecule has 0 saturated heterocycles. The number of hydrogen-bond acceptors (Lipinski definition) is 1. The first-order valence-electron chi connectivity index (χ1n) is 5.36. The number of pyridine rings is 1. The van der Waals surface area contributed by atoms with E-state index in [1.165, 1.54) is 0 Å². The molecule has 0 aliphatic heterocycles. The summed E-state index contributed by atoms with van der Waals surface area (Å²) in [6, 6.07) is 7.76. The van der Waals surface area contributed by atoms with E-state index < -0.39 is 0 Å². The highest BCUT2D eigenvalue weighted by atomic mass is 35.5. The molecule has 0 aliphatic carbocycles. The zero-order chi connectivity index (χ0) is 11.7. The Bertz CT molecular complexity index is 380. The normalized spacial score (nSPS) is 8.33. The molecule has 0 atom stereocenters. The second-order valence-electron chi connectivity index (χ2n) is 2.34. The fourth-order valence-corrected chi connectivity index (χ4v) is 1.31. The molecule has 2 aromatic rings. The first-order chi connectivity index (χ1) is 7.38. The highest BCUT2D eigenvalue weighted by Crippen LogP contribution is 2.21. The standard InChI is InChI=1S/C9H6ClN.2C2H6/c10-9-3-1-2-7-4-5-11-6-8(7)9;2*1-2/h1-6H;2*1-2H3. The van der Waals surface area contributed by atoms with E-state index in [2.05, 4.69) is 4.98 Å². The van der Waals surface area contributed by atoms with Crippen LogP contribution in [-0.2, 0) is 0 Å². The fourth-order valence-electron chi connectivity index (χ4n) is 1.08. The highest BCUT2D eigenvalue weighted by Gasteiger charge is 1.94. The van der Waals surface area contributed by atoms with Crippen molar-refractivity contribution >= 4 is 22.4 Å². The first-order valence-corrected chi connectivity index (χ1v) is 5.74. The average Bonchev–Trinajstić information content (AvgIpc) is 2.35. The summed E-state index contributed by atoms with van der Waals surface area (Å²) < 4.78 is 0. The minimum absolute atomic E-state index is 0.760. The molecular formula is C13H18ClN. The van der Waals surface area contributed by atoms with Crippen LogP contribution in [0.25, 0.3) is 10.8 Å². The van der Waals surface area contributed by atoms with Crippen molar-refractivity contribution in [3.63, 3.8) is 0 Å². The summed E-state index contributed by atoms with van der Waals surface area (Å²) in [7, 11) is 0. The Morgan fingerprint density at radius 3 is 2.27 bits per heavy atom. The summed E-state index contributed by atoms with van der Waals surface area (Å²) in [4.78, 5) is 3.99. The minimum atomic E-state index is 0.760. The van der Waals surface area contributed by atoms with Crippen molar-refractivity contribution < 1.29 is 0 Å². The molecule has 1 nitrogen and oxygen atoms in total. The van der Waals surface area contributed by atoms with Crippen molar-refractivity contribution in [1.29, 1.82) is 0 Å². The number of nitrogens with zero attached hydrogens (tertiary/aromatic N) is 1. The van der Waals surface area contributed by atoms with Gasteiger partial charge in [0.05, 0.1) is 0 Å². The van der Waals surface area contributed by atoms with Crippen LogP contribution in [0.3, 0.4) is 0 Å². The van der Waals surface area contributed by atoms with Gasteiger partial charge < -0.3 is 0 Å². The summed E-state index contributed by atoms with van der Waals surface area (Å²) in [6.07, 6.45) is 3.54. The zero-order valence-corrected chi connectivity index (χ0v) is 10.5. The fraction of sp³-hybridized carbons (Fsp3) is 0.308. The molecule has 2 heteroatoms. The summed E-state index contributed by atoms with van der Waals surface area (Å²) in [5.74, 6) is 0. The van der Waals surface area contributed by atoms with Gasteiger partial charge >= 0.3 is 0 Å². The molecule has 1 aromatic heterocycles. The van der Waals surface area contributed by atoms with Crippen LogP contribution in [0.4, 0.5) is 0 Å². The van der Waals surface area contributed by atoms with E-state index in [9.17, 15) is 0 Å². The van der Waals surface area contributed by atoms with Crippen molar-refractivity contribution in [3.8, 4) is 0 Å². The molecule has 82 valence electrons. The van der Waals surface area contributed by atoms with Gasteiger partial charge in [-0.2, -0.15) is 0 Å². The second kappa shape index (κ2) is 8.25. The minimum Gasteiger partial charge on any atom is -0.264 e. The molecule has 0 bridgehead atoms. The van der Waals surface area contributed by atoms with E-state index in [0.717, 1.165) is 15.8 Å². The lowest BCUT2D eigenvalue weighted by atomic mass is 10.2. The Balaban J connectivity index is 0.000000442. The van der Waals surface area contributed by atoms with Gasteiger partial charge in [-0.1, -0.05) is 51.4 Å². The van der Waals surface area contributed by atoms with Crippen LogP contribution < -0.4 is 0 Å². The lowest BCUT2D eigenvalue weighted by Crippen LogP contribution is -1.74. The number of rotatable bonds is 0. The molecule has 0 fully saturated rings. The van der Waals surface area contributed by atoms with Crippen molar-refractivity contribution in [3.05, 3.63) is 41.7 Å². The summed E-state index contributed by atoms with van der Waals surface area (Å²) in [5.41, 5.74) is 0. The number of halogens is 1. The van der Waals surface area contributed by atoms with Crippen molar-refractivity contribution in [2.75, 3.05) is 0 Å².